The van der Waals surface area contributed by atoms with E-state index in [1.165, 1.54) is 46.8 Å². The van der Waals surface area contributed by atoms with Gasteiger partial charge < -0.3 is 9.88 Å². The van der Waals surface area contributed by atoms with Gasteiger partial charge in [-0.3, -0.25) is 9.59 Å². The normalized spacial score (nSPS) is 12.3. The maximum Gasteiger partial charge on any atom is 0.279 e. The van der Waals surface area contributed by atoms with E-state index in [0.29, 0.717) is 35.7 Å². The van der Waals surface area contributed by atoms with Crippen molar-refractivity contribution in [2.24, 2.45) is 4.99 Å². The van der Waals surface area contributed by atoms with Crippen molar-refractivity contribution in [3.8, 4) is 0 Å². The Labute approximate surface area is 209 Å². The minimum absolute atomic E-state index is 0.157. The third-order valence-electron chi connectivity index (χ3n) is 5.20. The molecule has 0 aliphatic heterocycles. The average Bonchev–Trinajstić information content (AvgIpc) is 3.15. The highest BCUT2D eigenvalue weighted by atomic mass is 32.2. The second-order valence-corrected chi connectivity index (χ2v) is 10.9. The molecule has 2 amide bonds. The number of aromatic nitrogens is 1. The van der Waals surface area contributed by atoms with Crippen LogP contribution in [-0.4, -0.2) is 42.2 Å². The summed E-state index contributed by atoms with van der Waals surface area (Å²) in [6, 6.07) is 11.4. The van der Waals surface area contributed by atoms with Crippen LogP contribution in [0, 0.1) is 0 Å². The Hall–Kier alpha value is -3.08. The second kappa shape index (κ2) is 11.6. The third-order valence-corrected chi connectivity index (χ3v) is 8.15. The fourth-order valence-corrected chi connectivity index (χ4v) is 6.37. The van der Waals surface area contributed by atoms with Crippen molar-refractivity contribution in [3.05, 3.63) is 65.5 Å². The first kappa shape index (κ1) is 26.5. The zero-order chi connectivity index (χ0) is 25.6. The van der Waals surface area contributed by atoms with Crippen molar-refractivity contribution >= 4 is 49.1 Å². The SMILES string of the molecule is C=CCn1c(=NC(=O)c2ccc(S(=O)(=O)N(CCC)CCC)cc2)sc2cc(NC(C)=O)ccc21. The van der Waals surface area contributed by atoms with Gasteiger partial charge in [-0.2, -0.15) is 9.30 Å². The van der Waals surface area contributed by atoms with Gasteiger partial charge in [0.25, 0.3) is 5.91 Å². The molecule has 186 valence electrons. The lowest BCUT2D eigenvalue weighted by Gasteiger charge is -2.21. The van der Waals surface area contributed by atoms with Gasteiger partial charge in [-0.25, -0.2) is 8.42 Å². The molecule has 8 nitrogen and oxygen atoms in total. The quantitative estimate of drug-likeness (QED) is 0.405. The van der Waals surface area contributed by atoms with Crippen LogP contribution in [0.3, 0.4) is 0 Å². The van der Waals surface area contributed by atoms with Crippen LogP contribution in [-0.2, 0) is 21.4 Å². The van der Waals surface area contributed by atoms with E-state index in [0.717, 1.165) is 23.1 Å². The number of anilines is 1. The van der Waals surface area contributed by atoms with Gasteiger partial charge in [-0.05, 0) is 55.3 Å². The maximum atomic E-state index is 13.0. The monoisotopic (exact) mass is 514 g/mol. The molecule has 35 heavy (non-hydrogen) atoms. The fourth-order valence-electron chi connectivity index (χ4n) is 3.67. The van der Waals surface area contributed by atoms with Crippen LogP contribution in [0.2, 0.25) is 0 Å². The molecule has 0 saturated carbocycles. The number of nitrogens with one attached hydrogen (secondary N) is 1. The predicted octanol–water partition coefficient (Wildman–Crippen LogP) is 4.40. The molecule has 1 aromatic heterocycles. The lowest BCUT2D eigenvalue weighted by Crippen LogP contribution is -2.32. The topological polar surface area (TPSA) is 101 Å². The van der Waals surface area contributed by atoms with E-state index in [1.807, 2.05) is 30.5 Å². The zero-order valence-corrected chi connectivity index (χ0v) is 21.8. The highest BCUT2D eigenvalue weighted by Crippen LogP contribution is 2.23. The van der Waals surface area contributed by atoms with E-state index in [-0.39, 0.29) is 10.8 Å². The summed E-state index contributed by atoms with van der Waals surface area (Å²) >= 11 is 1.32. The second-order valence-electron chi connectivity index (χ2n) is 7.99. The highest BCUT2D eigenvalue weighted by Gasteiger charge is 2.23. The van der Waals surface area contributed by atoms with Crippen molar-refractivity contribution in [1.29, 1.82) is 0 Å². The molecule has 0 saturated heterocycles. The van der Waals surface area contributed by atoms with Gasteiger partial charge in [0.2, 0.25) is 15.9 Å². The Balaban J connectivity index is 1.96. The average molecular weight is 515 g/mol. The van der Waals surface area contributed by atoms with Gasteiger partial charge in [-0.15, -0.1) is 6.58 Å². The minimum Gasteiger partial charge on any atom is -0.326 e. The number of sulfonamides is 1. The molecule has 3 rings (SSSR count). The van der Waals surface area contributed by atoms with Crippen molar-refractivity contribution in [1.82, 2.24) is 8.87 Å². The number of nitrogens with zero attached hydrogens (tertiary/aromatic N) is 3. The van der Waals surface area contributed by atoms with Gasteiger partial charge in [0.15, 0.2) is 4.80 Å². The van der Waals surface area contributed by atoms with E-state index >= 15 is 0 Å². The van der Waals surface area contributed by atoms with Crippen LogP contribution in [0.15, 0.2) is 65.0 Å². The summed E-state index contributed by atoms with van der Waals surface area (Å²) in [4.78, 5) is 29.3. The number of fused-ring (bicyclic) bond motifs is 1. The number of hydrogen-bond donors (Lipinski definition) is 1. The molecule has 0 atom stereocenters. The van der Waals surface area contributed by atoms with Gasteiger partial charge >= 0.3 is 0 Å². The van der Waals surface area contributed by atoms with E-state index in [1.54, 1.807) is 12.1 Å². The zero-order valence-electron chi connectivity index (χ0n) is 20.2. The first-order valence-electron chi connectivity index (χ1n) is 11.4. The number of hydrogen-bond acceptors (Lipinski definition) is 5. The van der Waals surface area contributed by atoms with Crippen molar-refractivity contribution in [3.63, 3.8) is 0 Å². The number of rotatable bonds is 10. The molecule has 0 aliphatic carbocycles. The van der Waals surface area contributed by atoms with Gasteiger partial charge in [0.05, 0.1) is 15.1 Å². The minimum atomic E-state index is -3.62. The van der Waals surface area contributed by atoms with Crippen LogP contribution in [0.5, 0.6) is 0 Å². The lowest BCUT2D eigenvalue weighted by molar-refractivity contribution is -0.114. The first-order valence-corrected chi connectivity index (χ1v) is 13.7. The van der Waals surface area contributed by atoms with Gasteiger partial charge in [0.1, 0.15) is 0 Å². The molecule has 0 aliphatic rings. The molecule has 0 fully saturated rings. The summed E-state index contributed by atoms with van der Waals surface area (Å²) in [6.07, 6.45) is 3.16. The molecule has 10 heteroatoms. The molecule has 3 aromatic rings. The van der Waals surface area contributed by atoms with Crippen LogP contribution < -0.4 is 10.1 Å². The molecular formula is C25H30N4O4S2. The van der Waals surface area contributed by atoms with Crippen LogP contribution in [0.25, 0.3) is 10.2 Å². The fraction of sp³-hybridized carbons (Fsp3) is 0.320. The summed E-state index contributed by atoms with van der Waals surface area (Å²) < 4.78 is 30.2. The smallest absolute Gasteiger partial charge is 0.279 e. The van der Waals surface area contributed by atoms with E-state index in [4.69, 9.17) is 0 Å². The molecule has 0 radical (unpaired) electrons. The van der Waals surface area contributed by atoms with Gasteiger partial charge in [-0.1, -0.05) is 31.3 Å². The first-order chi connectivity index (χ1) is 16.7. The molecule has 1 N–H and O–H groups in total. The van der Waals surface area contributed by atoms with Crippen molar-refractivity contribution in [2.75, 3.05) is 18.4 Å². The Morgan fingerprint density at radius 2 is 1.77 bits per heavy atom. The third kappa shape index (κ3) is 6.14. The van der Waals surface area contributed by atoms with Crippen molar-refractivity contribution in [2.45, 2.75) is 45.1 Å². The van der Waals surface area contributed by atoms with E-state index in [2.05, 4.69) is 16.9 Å². The number of carbonyl (C=O) groups is 2. The summed E-state index contributed by atoms with van der Waals surface area (Å²) in [5, 5.41) is 2.75. The molecule has 0 unspecified atom stereocenters. The van der Waals surface area contributed by atoms with Crippen molar-refractivity contribution < 1.29 is 18.0 Å². The largest absolute Gasteiger partial charge is 0.326 e. The highest BCUT2D eigenvalue weighted by molar-refractivity contribution is 7.89. The van der Waals surface area contributed by atoms with Crippen LogP contribution in [0.4, 0.5) is 5.69 Å². The molecule has 2 aromatic carbocycles. The van der Waals surface area contributed by atoms with E-state index < -0.39 is 15.9 Å². The Morgan fingerprint density at radius 1 is 1.11 bits per heavy atom. The Kier molecular flexibility index (Phi) is 8.76. The number of benzene rings is 2. The molecular weight excluding hydrogens is 484 g/mol. The standard InChI is InChI=1S/C25H30N4O4S2/c1-5-14-28(15-6-2)35(32,33)21-11-8-19(9-12-21)24(31)27-25-29(16-7-3)22-13-10-20(26-18(4)30)17-23(22)34-25/h7-13,17H,3,5-6,14-16H2,1-2,4H3,(H,26,30). The van der Waals surface area contributed by atoms with E-state index in [9.17, 15) is 18.0 Å². The summed E-state index contributed by atoms with van der Waals surface area (Å²) in [5.41, 5.74) is 1.82. The molecule has 0 spiro atoms. The summed E-state index contributed by atoms with van der Waals surface area (Å²) in [6.45, 7) is 10.5. The summed E-state index contributed by atoms with van der Waals surface area (Å²) in [5.74, 6) is -0.641. The Morgan fingerprint density at radius 3 is 2.34 bits per heavy atom. The lowest BCUT2D eigenvalue weighted by atomic mass is 10.2. The number of carbonyl (C=O) groups excluding carboxylic acids is 2. The molecule has 0 bridgehead atoms. The Bertz CT molecular complexity index is 1400. The van der Waals surface area contributed by atoms with Crippen LogP contribution in [0.1, 0.15) is 44.0 Å². The predicted molar refractivity (Wildman–Crippen MR) is 140 cm³/mol. The maximum absolute atomic E-state index is 13.0. The van der Waals surface area contributed by atoms with Gasteiger partial charge in [0, 0.05) is 37.8 Å². The summed E-state index contributed by atoms with van der Waals surface area (Å²) in [7, 11) is -3.62. The number of amides is 2. The number of allylic oxidation sites excluding steroid dienone is 1. The van der Waals surface area contributed by atoms with Crippen LogP contribution >= 0.6 is 11.3 Å². The number of thiazole rings is 1. The molecule has 1 heterocycles.